The van der Waals surface area contributed by atoms with Crippen LogP contribution in [0.15, 0.2) is 108 Å². The van der Waals surface area contributed by atoms with Crippen LogP contribution in [0.1, 0.15) is 22.3 Å². The number of hydrogen-bond donors (Lipinski definition) is 1. The van der Waals surface area contributed by atoms with Crippen LogP contribution in [-0.4, -0.2) is 13.0 Å². The fourth-order valence-electron chi connectivity index (χ4n) is 3.37. The van der Waals surface area contributed by atoms with Crippen LogP contribution in [0, 0.1) is 0 Å². The fraction of sp³-hybridized carbons (Fsp3) is 0. The highest BCUT2D eigenvalue weighted by Crippen LogP contribution is 2.23. The molecule has 0 saturated carbocycles. The predicted molar refractivity (Wildman–Crippen MR) is 132 cm³/mol. The van der Waals surface area contributed by atoms with Crippen LogP contribution in [-0.2, 0) is 10.1 Å². The van der Waals surface area contributed by atoms with Crippen molar-refractivity contribution >= 4 is 34.4 Å². The second-order valence-electron chi connectivity index (χ2n) is 7.33. The van der Waals surface area contributed by atoms with E-state index in [0.29, 0.717) is 5.56 Å². The Morgan fingerprint density at radius 1 is 0.500 bits per heavy atom. The SMILES string of the molecule is O=S(=O)(O)c1ccccc1C=Cc1ccc(-c2ccc(C=Cc3ccccc3)cc2)cc1. The van der Waals surface area contributed by atoms with E-state index in [4.69, 9.17) is 0 Å². The molecule has 0 atom stereocenters. The molecular formula is C28H22O3S. The Morgan fingerprint density at radius 3 is 1.47 bits per heavy atom. The summed E-state index contributed by atoms with van der Waals surface area (Å²) in [6.07, 6.45) is 7.70. The van der Waals surface area contributed by atoms with Gasteiger partial charge in [-0.05, 0) is 39.4 Å². The molecule has 158 valence electrons. The smallest absolute Gasteiger partial charge is 0.282 e. The van der Waals surface area contributed by atoms with Crippen molar-refractivity contribution in [1.29, 1.82) is 0 Å². The van der Waals surface area contributed by atoms with Crippen LogP contribution in [0.3, 0.4) is 0 Å². The van der Waals surface area contributed by atoms with Gasteiger partial charge < -0.3 is 0 Å². The Balaban J connectivity index is 1.47. The summed E-state index contributed by atoms with van der Waals surface area (Å²) in [5, 5.41) is 0. The van der Waals surface area contributed by atoms with Gasteiger partial charge in [-0.25, -0.2) is 0 Å². The standard InChI is InChI=1S/C28H22O3S/c29-32(30,31)28-9-5-4-8-27(28)21-16-24-14-19-26(20-15-24)25-17-12-23(13-18-25)11-10-22-6-2-1-3-7-22/h1-21H,(H,29,30,31). The third-order valence-corrected chi connectivity index (χ3v) is 6.00. The zero-order chi connectivity index (χ0) is 22.4. The van der Waals surface area contributed by atoms with Crippen LogP contribution in [0.25, 0.3) is 35.4 Å². The van der Waals surface area contributed by atoms with Crippen molar-refractivity contribution < 1.29 is 13.0 Å². The van der Waals surface area contributed by atoms with Gasteiger partial charge in [0.05, 0.1) is 0 Å². The Hall–Kier alpha value is -3.73. The first-order chi connectivity index (χ1) is 15.5. The summed E-state index contributed by atoms with van der Waals surface area (Å²) in [4.78, 5) is -0.103. The molecule has 0 aliphatic carbocycles. The van der Waals surface area contributed by atoms with Crippen LogP contribution in [0.2, 0.25) is 0 Å². The van der Waals surface area contributed by atoms with Gasteiger partial charge >= 0.3 is 0 Å². The summed E-state index contributed by atoms with van der Waals surface area (Å²) >= 11 is 0. The molecule has 0 bridgehead atoms. The number of rotatable bonds is 6. The highest BCUT2D eigenvalue weighted by molar-refractivity contribution is 7.85. The van der Waals surface area contributed by atoms with E-state index in [-0.39, 0.29) is 4.90 Å². The highest BCUT2D eigenvalue weighted by Gasteiger charge is 2.12. The van der Waals surface area contributed by atoms with Crippen LogP contribution >= 0.6 is 0 Å². The third-order valence-electron chi connectivity index (χ3n) is 5.07. The van der Waals surface area contributed by atoms with Gasteiger partial charge in [-0.1, -0.05) is 121 Å². The van der Waals surface area contributed by atoms with Gasteiger partial charge in [0.15, 0.2) is 0 Å². The Bertz CT molecular complexity index is 1350. The lowest BCUT2D eigenvalue weighted by Crippen LogP contribution is -2.00. The second-order valence-corrected chi connectivity index (χ2v) is 8.72. The minimum absolute atomic E-state index is 0.103. The van der Waals surface area contributed by atoms with Gasteiger partial charge in [0.2, 0.25) is 0 Å². The molecule has 4 aromatic rings. The molecule has 3 nitrogen and oxygen atoms in total. The maximum Gasteiger partial charge on any atom is 0.295 e. The predicted octanol–water partition coefficient (Wildman–Crippen LogP) is 6.94. The largest absolute Gasteiger partial charge is 0.295 e. The number of hydrogen-bond acceptors (Lipinski definition) is 2. The molecular weight excluding hydrogens is 416 g/mol. The number of benzene rings is 4. The Morgan fingerprint density at radius 2 is 0.938 bits per heavy atom. The maximum atomic E-state index is 11.5. The van der Waals surface area contributed by atoms with Gasteiger partial charge in [-0.15, -0.1) is 0 Å². The highest BCUT2D eigenvalue weighted by atomic mass is 32.2. The van der Waals surface area contributed by atoms with Crippen molar-refractivity contribution in [2.75, 3.05) is 0 Å². The Labute approximate surface area is 188 Å². The molecule has 4 aromatic carbocycles. The first-order valence-corrected chi connectivity index (χ1v) is 11.6. The van der Waals surface area contributed by atoms with Gasteiger partial charge in [-0.2, -0.15) is 8.42 Å². The lowest BCUT2D eigenvalue weighted by molar-refractivity contribution is 0.483. The van der Waals surface area contributed by atoms with Gasteiger partial charge in [0.1, 0.15) is 4.90 Å². The van der Waals surface area contributed by atoms with Crippen molar-refractivity contribution in [3.8, 4) is 11.1 Å². The summed E-state index contributed by atoms with van der Waals surface area (Å²) in [6.45, 7) is 0. The zero-order valence-electron chi connectivity index (χ0n) is 17.3. The van der Waals surface area contributed by atoms with Crippen molar-refractivity contribution in [3.63, 3.8) is 0 Å². The van der Waals surface area contributed by atoms with E-state index in [9.17, 15) is 13.0 Å². The van der Waals surface area contributed by atoms with Crippen LogP contribution in [0.5, 0.6) is 0 Å². The molecule has 0 fully saturated rings. The first kappa shape index (κ1) is 21.5. The third kappa shape index (κ3) is 5.49. The lowest BCUT2D eigenvalue weighted by Gasteiger charge is -2.04. The lowest BCUT2D eigenvalue weighted by atomic mass is 10.0. The van der Waals surface area contributed by atoms with Gasteiger partial charge in [0.25, 0.3) is 10.1 Å². The second kappa shape index (κ2) is 9.60. The minimum Gasteiger partial charge on any atom is -0.282 e. The topological polar surface area (TPSA) is 54.4 Å². The summed E-state index contributed by atoms with van der Waals surface area (Å²) in [5.41, 5.74) is 5.89. The molecule has 0 unspecified atom stereocenters. The molecule has 0 spiro atoms. The zero-order valence-corrected chi connectivity index (χ0v) is 18.1. The monoisotopic (exact) mass is 438 g/mol. The van der Waals surface area contributed by atoms with E-state index in [1.807, 2.05) is 48.5 Å². The summed E-state index contributed by atoms with van der Waals surface area (Å²) in [6, 6.07) is 32.9. The van der Waals surface area contributed by atoms with E-state index in [1.54, 1.807) is 24.3 Å². The van der Waals surface area contributed by atoms with Crippen LogP contribution < -0.4 is 0 Å². The van der Waals surface area contributed by atoms with E-state index in [2.05, 4.69) is 48.6 Å². The van der Waals surface area contributed by atoms with Crippen molar-refractivity contribution in [2.45, 2.75) is 4.90 Å². The first-order valence-electron chi connectivity index (χ1n) is 10.2. The molecule has 0 aromatic heterocycles. The normalized spacial score (nSPS) is 11.9. The maximum absolute atomic E-state index is 11.5. The van der Waals surface area contributed by atoms with E-state index < -0.39 is 10.1 Å². The summed E-state index contributed by atoms with van der Waals surface area (Å²) in [5.74, 6) is 0. The average molecular weight is 439 g/mol. The molecule has 4 heteroatoms. The quantitative estimate of drug-likeness (QED) is 0.262. The van der Waals surface area contributed by atoms with Crippen molar-refractivity contribution in [1.82, 2.24) is 0 Å². The van der Waals surface area contributed by atoms with Crippen molar-refractivity contribution in [2.24, 2.45) is 0 Å². The Kier molecular flexibility index (Phi) is 6.45. The summed E-state index contributed by atoms with van der Waals surface area (Å²) < 4.78 is 32.4. The molecule has 32 heavy (non-hydrogen) atoms. The molecule has 0 saturated heterocycles. The van der Waals surface area contributed by atoms with Crippen LogP contribution in [0.4, 0.5) is 0 Å². The molecule has 0 aliphatic heterocycles. The van der Waals surface area contributed by atoms with Crippen molar-refractivity contribution in [3.05, 3.63) is 125 Å². The molecule has 0 aliphatic rings. The molecule has 4 rings (SSSR count). The minimum atomic E-state index is -4.26. The van der Waals surface area contributed by atoms with Gasteiger partial charge in [-0.3, -0.25) is 4.55 Å². The molecule has 0 radical (unpaired) electrons. The van der Waals surface area contributed by atoms with E-state index in [0.717, 1.165) is 22.3 Å². The molecule has 1 N–H and O–H groups in total. The molecule has 0 amide bonds. The van der Waals surface area contributed by atoms with Gasteiger partial charge in [0, 0.05) is 0 Å². The fourth-order valence-corrected chi connectivity index (χ4v) is 4.05. The average Bonchev–Trinajstić information content (AvgIpc) is 2.82. The summed E-state index contributed by atoms with van der Waals surface area (Å²) in [7, 11) is -4.26. The van der Waals surface area contributed by atoms with E-state index in [1.165, 1.54) is 11.6 Å². The molecule has 0 heterocycles. The van der Waals surface area contributed by atoms with E-state index >= 15 is 0 Å².